The van der Waals surface area contributed by atoms with Gasteiger partial charge >= 0.3 is 0 Å². The van der Waals surface area contributed by atoms with Gasteiger partial charge in [0, 0.05) is 43.0 Å². The highest BCUT2D eigenvalue weighted by atomic mass is 35.5. The molecule has 0 unspecified atom stereocenters. The molecule has 1 N–H and O–H groups in total. The maximum atomic E-state index is 12.3. The number of halogens is 1. The van der Waals surface area contributed by atoms with Crippen molar-refractivity contribution in [2.24, 2.45) is 0 Å². The van der Waals surface area contributed by atoms with Gasteiger partial charge in [-0.2, -0.15) is 9.61 Å². The van der Waals surface area contributed by atoms with Crippen LogP contribution in [0.15, 0.2) is 59.5 Å². The highest BCUT2D eigenvalue weighted by molar-refractivity contribution is 6.36. The van der Waals surface area contributed by atoms with Crippen molar-refractivity contribution in [2.75, 3.05) is 25.5 Å². The summed E-state index contributed by atoms with van der Waals surface area (Å²) in [5, 5.41) is 8.51. The Kier molecular flexibility index (Phi) is 5.76. The second-order valence-corrected chi connectivity index (χ2v) is 7.50. The Labute approximate surface area is 180 Å². The van der Waals surface area contributed by atoms with E-state index in [2.05, 4.69) is 10.4 Å². The van der Waals surface area contributed by atoms with E-state index in [0.717, 1.165) is 34.6 Å². The summed E-state index contributed by atoms with van der Waals surface area (Å²) >= 11 is 6.38. The number of hydrogen-bond donors (Lipinski definition) is 1. The number of rotatable bonds is 7. The van der Waals surface area contributed by atoms with Crippen molar-refractivity contribution in [3.63, 3.8) is 0 Å². The Morgan fingerprint density at radius 1 is 1.33 bits per heavy atom. The zero-order valence-corrected chi connectivity index (χ0v) is 17.6. The molecule has 1 amide bonds. The zero-order chi connectivity index (χ0) is 21.1. The summed E-state index contributed by atoms with van der Waals surface area (Å²) < 4.78 is 6.77. The molecule has 9 heteroatoms. The molecule has 3 aromatic heterocycles. The summed E-state index contributed by atoms with van der Waals surface area (Å²) in [5.74, 6) is 0.769. The van der Waals surface area contributed by atoms with E-state index in [1.807, 2.05) is 38.2 Å². The first-order valence-corrected chi connectivity index (χ1v) is 10.0. The predicted molar refractivity (Wildman–Crippen MR) is 120 cm³/mol. The molecule has 4 rings (SSSR count). The maximum Gasteiger partial charge on any atom is 0.256 e. The number of aromatic nitrogens is 3. The lowest BCUT2D eigenvalue weighted by Crippen LogP contribution is -2.28. The van der Waals surface area contributed by atoms with Crippen molar-refractivity contribution in [3.8, 4) is 11.3 Å². The highest BCUT2D eigenvalue weighted by Crippen LogP contribution is 2.28. The number of amides is 1. The summed E-state index contributed by atoms with van der Waals surface area (Å²) in [6.45, 7) is 1.28. The van der Waals surface area contributed by atoms with Crippen LogP contribution in [0.3, 0.4) is 0 Å². The fourth-order valence-corrected chi connectivity index (χ4v) is 3.48. The van der Waals surface area contributed by atoms with Crippen molar-refractivity contribution in [2.45, 2.75) is 6.42 Å². The maximum absolute atomic E-state index is 12.3. The van der Waals surface area contributed by atoms with Crippen LogP contribution in [-0.4, -0.2) is 53.4 Å². The van der Waals surface area contributed by atoms with Crippen LogP contribution in [0.4, 0.5) is 5.82 Å². The molecule has 4 aromatic rings. The van der Waals surface area contributed by atoms with Gasteiger partial charge in [0.15, 0.2) is 5.65 Å². The number of nitrogens with zero attached hydrogens (tertiary/aromatic N) is 4. The summed E-state index contributed by atoms with van der Waals surface area (Å²) in [6.07, 6.45) is 5.52. The van der Waals surface area contributed by atoms with Gasteiger partial charge < -0.3 is 14.6 Å². The minimum absolute atomic E-state index is 0.0567. The number of fused-ring (bicyclic) bond motifs is 1. The molecule has 152 valence electrons. The topological polar surface area (TPSA) is 75.7 Å². The average molecular weight is 422 g/mol. The van der Waals surface area contributed by atoms with E-state index in [1.54, 1.807) is 28.7 Å². The first-order chi connectivity index (χ1) is 14.5. The first kappa shape index (κ1) is 20.0. The van der Waals surface area contributed by atoms with Gasteiger partial charge in [0.2, 0.25) is 0 Å². The molecule has 0 radical (unpaired) electrons. The van der Waals surface area contributed by atoms with Crippen LogP contribution in [0.2, 0.25) is 5.02 Å². The van der Waals surface area contributed by atoms with Crippen LogP contribution < -0.4 is 10.8 Å². The smallest absolute Gasteiger partial charge is 0.256 e. The van der Waals surface area contributed by atoms with Crippen LogP contribution in [0, 0.1) is 0 Å². The van der Waals surface area contributed by atoms with Crippen LogP contribution in [-0.2, 0) is 0 Å². The molecule has 0 fully saturated rings. The van der Waals surface area contributed by atoms with Gasteiger partial charge in [0.1, 0.15) is 19.9 Å². The fraction of sp³-hybridized carbons (Fsp3) is 0.190. The van der Waals surface area contributed by atoms with E-state index in [4.69, 9.17) is 21.0 Å². The SMILES string of the molecule is Bc1cnn2c(NCCCN(C)C(=O)c3ccoc3)cc(-c3ccccc3Cl)nc12. The standard InChI is InChI=1S/C21H21BClN5O2/c1-27(21(29)14-7-10-30-13-14)9-4-8-24-19-11-18(15-5-2-3-6-17(15)23)26-20-16(22)12-25-28(19)20/h2-3,5-7,10-13,24H,4,8-9,22H2,1H3. The van der Waals surface area contributed by atoms with Crippen LogP contribution in [0.1, 0.15) is 16.8 Å². The van der Waals surface area contributed by atoms with Gasteiger partial charge in [-0.3, -0.25) is 4.79 Å². The molecule has 1 aromatic carbocycles. The molecule has 3 heterocycles. The normalized spacial score (nSPS) is 11.0. The van der Waals surface area contributed by atoms with E-state index in [9.17, 15) is 4.79 Å². The number of carbonyl (C=O) groups is 1. The molecular weight excluding hydrogens is 401 g/mol. The quantitative estimate of drug-likeness (QED) is 0.366. The van der Waals surface area contributed by atoms with Gasteiger partial charge in [-0.15, -0.1) is 0 Å². The number of benzene rings is 1. The molecule has 0 spiro atoms. The van der Waals surface area contributed by atoms with Crippen molar-refractivity contribution >= 4 is 42.3 Å². The third kappa shape index (κ3) is 4.04. The predicted octanol–water partition coefficient (Wildman–Crippen LogP) is 2.48. The van der Waals surface area contributed by atoms with Crippen LogP contribution in [0.25, 0.3) is 16.9 Å². The van der Waals surface area contributed by atoms with Gasteiger partial charge in [0.05, 0.1) is 17.5 Å². The summed E-state index contributed by atoms with van der Waals surface area (Å²) in [6, 6.07) is 11.3. The van der Waals surface area contributed by atoms with Crippen LogP contribution in [0.5, 0.6) is 0 Å². The molecule has 0 bridgehead atoms. The third-order valence-corrected chi connectivity index (χ3v) is 5.22. The van der Waals surface area contributed by atoms with Gasteiger partial charge in [-0.05, 0) is 24.0 Å². The summed E-state index contributed by atoms with van der Waals surface area (Å²) in [7, 11) is 3.76. The molecule has 0 aliphatic rings. The van der Waals surface area contributed by atoms with Crippen molar-refractivity contribution < 1.29 is 9.21 Å². The molecule has 0 aliphatic heterocycles. The van der Waals surface area contributed by atoms with Crippen molar-refractivity contribution in [3.05, 3.63) is 65.7 Å². The third-order valence-electron chi connectivity index (χ3n) is 4.89. The van der Waals surface area contributed by atoms with E-state index in [1.165, 1.54) is 12.5 Å². The van der Waals surface area contributed by atoms with E-state index in [-0.39, 0.29) is 5.91 Å². The van der Waals surface area contributed by atoms with Crippen molar-refractivity contribution in [1.82, 2.24) is 19.5 Å². The molecule has 0 aliphatic carbocycles. The highest BCUT2D eigenvalue weighted by Gasteiger charge is 2.14. The minimum atomic E-state index is -0.0567. The molecule has 0 saturated carbocycles. The first-order valence-electron chi connectivity index (χ1n) is 9.66. The largest absolute Gasteiger partial charge is 0.472 e. The fourth-order valence-electron chi connectivity index (χ4n) is 3.25. The molecule has 0 saturated heterocycles. The summed E-state index contributed by atoms with van der Waals surface area (Å²) in [4.78, 5) is 18.7. The van der Waals surface area contributed by atoms with E-state index >= 15 is 0 Å². The lowest BCUT2D eigenvalue weighted by molar-refractivity contribution is 0.0794. The van der Waals surface area contributed by atoms with Crippen LogP contribution >= 0.6 is 11.6 Å². The number of nitrogens with one attached hydrogen (secondary N) is 1. The van der Waals surface area contributed by atoms with Gasteiger partial charge in [-0.1, -0.05) is 29.8 Å². The lowest BCUT2D eigenvalue weighted by Gasteiger charge is -2.17. The number of anilines is 1. The molecule has 7 nitrogen and oxygen atoms in total. The molecular formula is C21H21BClN5O2. The van der Waals surface area contributed by atoms with Crippen molar-refractivity contribution in [1.29, 1.82) is 0 Å². The van der Waals surface area contributed by atoms with Gasteiger partial charge in [-0.25, -0.2) is 4.98 Å². The number of hydrogen-bond acceptors (Lipinski definition) is 5. The Balaban J connectivity index is 1.48. The second-order valence-electron chi connectivity index (χ2n) is 7.09. The van der Waals surface area contributed by atoms with E-state index in [0.29, 0.717) is 23.7 Å². The molecule has 0 atom stereocenters. The Morgan fingerprint density at radius 2 is 2.17 bits per heavy atom. The monoisotopic (exact) mass is 421 g/mol. The Bertz CT molecular complexity index is 1180. The average Bonchev–Trinajstić information content (AvgIpc) is 3.41. The number of furan rings is 1. The summed E-state index contributed by atoms with van der Waals surface area (Å²) in [5.41, 5.74) is 3.97. The Morgan fingerprint density at radius 3 is 2.93 bits per heavy atom. The lowest BCUT2D eigenvalue weighted by atomic mass is 10.0. The zero-order valence-electron chi connectivity index (χ0n) is 16.8. The van der Waals surface area contributed by atoms with Gasteiger partial charge in [0.25, 0.3) is 5.91 Å². The number of carbonyl (C=O) groups excluding carboxylic acids is 1. The molecule has 30 heavy (non-hydrogen) atoms. The Hall–Kier alpha value is -3.26. The minimum Gasteiger partial charge on any atom is -0.472 e. The van der Waals surface area contributed by atoms with E-state index < -0.39 is 0 Å². The second kappa shape index (κ2) is 8.63.